The molecular weight excluding hydrogens is 236 g/mol. The van der Waals surface area contributed by atoms with Crippen LogP contribution in [-0.4, -0.2) is 48.3 Å². The van der Waals surface area contributed by atoms with Crippen molar-refractivity contribution in [3.8, 4) is 0 Å². The van der Waals surface area contributed by atoms with E-state index in [-0.39, 0.29) is 5.54 Å². The normalized spacial score (nSPS) is 34.1. The molecule has 3 fully saturated rings. The highest BCUT2D eigenvalue weighted by Gasteiger charge is 2.45. The number of rotatable bonds is 3. The van der Waals surface area contributed by atoms with Crippen LogP contribution in [0, 0.1) is 0 Å². The fraction of sp³-hybridized carbons (Fsp3) is 1.00. The molecule has 3 aliphatic rings. The van der Waals surface area contributed by atoms with Gasteiger partial charge in [0.25, 0.3) is 0 Å². The third kappa shape index (κ3) is 2.98. The van der Waals surface area contributed by atoms with Crippen molar-refractivity contribution in [1.82, 2.24) is 10.2 Å². The summed E-state index contributed by atoms with van der Waals surface area (Å²) in [7, 11) is 0. The molecule has 19 heavy (non-hydrogen) atoms. The van der Waals surface area contributed by atoms with Gasteiger partial charge in [-0.3, -0.25) is 4.90 Å². The lowest BCUT2D eigenvalue weighted by Crippen LogP contribution is -2.67. The van der Waals surface area contributed by atoms with E-state index < -0.39 is 0 Å². The smallest absolute Gasteiger partial charge is 0.0588 e. The number of nitrogens with zero attached hydrogens (tertiary/aromatic N) is 1. The van der Waals surface area contributed by atoms with Gasteiger partial charge in [0.15, 0.2) is 0 Å². The van der Waals surface area contributed by atoms with E-state index in [4.69, 9.17) is 4.74 Å². The Morgan fingerprint density at radius 3 is 2.68 bits per heavy atom. The molecule has 2 heterocycles. The maximum Gasteiger partial charge on any atom is 0.0588 e. The number of hydrogen-bond acceptors (Lipinski definition) is 3. The van der Waals surface area contributed by atoms with Crippen molar-refractivity contribution in [2.45, 2.75) is 76.0 Å². The zero-order valence-corrected chi connectivity index (χ0v) is 12.7. The Hall–Kier alpha value is -0.120. The molecule has 3 rings (SSSR count). The maximum atomic E-state index is 5.80. The van der Waals surface area contributed by atoms with E-state index in [0.29, 0.717) is 11.6 Å². The molecule has 0 amide bonds. The first-order valence-electron chi connectivity index (χ1n) is 8.21. The van der Waals surface area contributed by atoms with Gasteiger partial charge in [-0.15, -0.1) is 0 Å². The van der Waals surface area contributed by atoms with E-state index in [2.05, 4.69) is 24.1 Å². The van der Waals surface area contributed by atoms with Crippen molar-refractivity contribution in [2.75, 3.05) is 26.2 Å². The molecule has 1 aliphatic carbocycles. The summed E-state index contributed by atoms with van der Waals surface area (Å²) in [5.74, 6) is 0. The SMILES string of the molecule is CC1(C)CN(CCC2CCCO2)C2(CCCC2)CN1. The molecule has 1 atom stereocenters. The third-order valence-electron chi connectivity index (χ3n) is 5.43. The van der Waals surface area contributed by atoms with Crippen molar-refractivity contribution < 1.29 is 4.74 Å². The van der Waals surface area contributed by atoms with E-state index in [1.165, 1.54) is 64.6 Å². The molecule has 0 aromatic rings. The number of ether oxygens (including phenoxy) is 1. The Morgan fingerprint density at radius 2 is 2.00 bits per heavy atom. The Balaban J connectivity index is 1.63. The summed E-state index contributed by atoms with van der Waals surface area (Å²) in [6, 6.07) is 0. The van der Waals surface area contributed by atoms with Crippen molar-refractivity contribution in [3.05, 3.63) is 0 Å². The minimum atomic E-state index is 0.268. The molecule has 0 radical (unpaired) electrons. The highest BCUT2D eigenvalue weighted by Crippen LogP contribution is 2.38. The van der Waals surface area contributed by atoms with Crippen LogP contribution in [0.1, 0.15) is 58.8 Å². The van der Waals surface area contributed by atoms with Gasteiger partial charge in [-0.25, -0.2) is 0 Å². The van der Waals surface area contributed by atoms with Crippen LogP contribution in [0.3, 0.4) is 0 Å². The third-order valence-corrected chi connectivity index (χ3v) is 5.43. The average Bonchev–Trinajstić information content (AvgIpc) is 3.03. The van der Waals surface area contributed by atoms with Crippen LogP contribution in [-0.2, 0) is 4.74 Å². The summed E-state index contributed by atoms with van der Waals surface area (Å²) < 4.78 is 5.80. The van der Waals surface area contributed by atoms with E-state index >= 15 is 0 Å². The zero-order chi connectivity index (χ0) is 13.3. The standard InChI is InChI=1S/C16H30N2O/c1-15(2)13-18(10-7-14-6-5-11-19-14)16(12-17-15)8-3-4-9-16/h14,17H,3-13H2,1-2H3. The fourth-order valence-electron chi connectivity index (χ4n) is 4.23. The summed E-state index contributed by atoms with van der Waals surface area (Å²) in [4.78, 5) is 2.80. The van der Waals surface area contributed by atoms with Crippen LogP contribution in [0.2, 0.25) is 0 Å². The summed E-state index contributed by atoms with van der Waals surface area (Å²) in [6.45, 7) is 9.28. The van der Waals surface area contributed by atoms with Gasteiger partial charge >= 0.3 is 0 Å². The van der Waals surface area contributed by atoms with Gasteiger partial charge in [0, 0.05) is 37.3 Å². The molecule has 3 heteroatoms. The Labute approximate surface area is 118 Å². The van der Waals surface area contributed by atoms with Crippen LogP contribution in [0.25, 0.3) is 0 Å². The van der Waals surface area contributed by atoms with E-state index in [1.807, 2.05) is 0 Å². The molecular formula is C16H30N2O. The summed E-state index contributed by atoms with van der Waals surface area (Å²) in [5.41, 5.74) is 0.735. The summed E-state index contributed by atoms with van der Waals surface area (Å²) in [6.07, 6.45) is 9.93. The minimum Gasteiger partial charge on any atom is -0.378 e. The van der Waals surface area contributed by atoms with Gasteiger partial charge in [0.1, 0.15) is 0 Å². The summed E-state index contributed by atoms with van der Waals surface area (Å²) >= 11 is 0. The monoisotopic (exact) mass is 266 g/mol. The molecule has 2 saturated heterocycles. The molecule has 0 aromatic heterocycles. The molecule has 1 saturated carbocycles. The van der Waals surface area contributed by atoms with Crippen molar-refractivity contribution in [3.63, 3.8) is 0 Å². The van der Waals surface area contributed by atoms with Gasteiger partial charge in [-0.2, -0.15) is 0 Å². The van der Waals surface area contributed by atoms with E-state index in [9.17, 15) is 0 Å². The molecule has 1 unspecified atom stereocenters. The number of hydrogen-bond donors (Lipinski definition) is 1. The Morgan fingerprint density at radius 1 is 1.21 bits per heavy atom. The van der Waals surface area contributed by atoms with Gasteiger partial charge < -0.3 is 10.1 Å². The first kappa shape index (κ1) is 13.8. The number of nitrogens with one attached hydrogen (secondary N) is 1. The molecule has 110 valence electrons. The van der Waals surface area contributed by atoms with Crippen molar-refractivity contribution >= 4 is 0 Å². The highest BCUT2D eigenvalue weighted by molar-refractivity contribution is 5.04. The quantitative estimate of drug-likeness (QED) is 0.849. The molecule has 0 aromatic carbocycles. The molecule has 1 spiro atoms. The summed E-state index contributed by atoms with van der Waals surface area (Å²) in [5, 5.41) is 3.78. The Bertz CT molecular complexity index is 304. The first-order chi connectivity index (χ1) is 9.10. The van der Waals surface area contributed by atoms with Gasteiger partial charge in [-0.05, 0) is 46.0 Å². The van der Waals surface area contributed by atoms with Gasteiger partial charge in [0.2, 0.25) is 0 Å². The highest BCUT2D eigenvalue weighted by atomic mass is 16.5. The molecule has 0 bridgehead atoms. The van der Waals surface area contributed by atoms with Gasteiger partial charge in [0.05, 0.1) is 6.10 Å². The molecule has 3 nitrogen and oxygen atoms in total. The van der Waals surface area contributed by atoms with Crippen LogP contribution < -0.4 is 5.32 Å². The zero-order valence-electron chi connectivity index (χ0n) is 12.7. The van der Waals surface area contributed by atoms with Crippen LogP contribution in [0.15, 0.2) is 0 Å². The lowest BCUT2D eigenvalue weighted by molar-refractivity contribution is 0.00429. The predicted molar refractivity (Wildman–Crippen MR) is 78.4 cm³/mol. The van der Waals surface area contributed by atoms with Crippen LogP contribution in [0.4, 0.5) is 0 Å². The second-order valence-electron chi connectivity index (χ2n) is 7.51. The lowest BCUT2D eigenvalue weighted by Gasteiger charge is -2.51. The maximum absolute atomic E-state index is 5.80. The van der Waals surface area contributed by atoms with Gasteiger partial charge in [-0.1, -0.05) is 12.8 Å². The Kier molecular flexibility index (Phi) is 3.89. The van der Waals surface area contributed by atoms with E-state index in [0.717, 1.165) is 6.61 Å². The predicted octanol–water partition coefficient (Wildman–Crippen LogP) is 2.55. The second kappa shape index (κ2) is 5.34. The van der Waals surface area contributed by atoms with E-state index in [1.54, 1.807) is 0 Å². The van der Waals surface area contributed by atoms with Crippen LogP contribution >= 0.6 is 0 Å². The van der Waals surface area contributed by atoms with Crippen molar-refractivity contribution in [2.24, 2.45) is 0 Å². The lowest BCUT2D eigenvalue weighted by atomic mass is 9.86. The largest absolute Gasteiger partial charge is 0.378 e. The fourth-order valence-corrected chi connectivity index (χ4v) is 4.23. The van der Waals surface area contributed by atoms with Crippen LogP contribution in [0.5, 0.6) is 0 Å². The minimum absolute atomic E-state index is 0.268. The average molecular weight is 266 g/mol. The topological polar surface area (TPSA) is 24.5 Å². The van der Waals surface area contributed by atoms with Crippen molar-refractivity contribution in [1.29, 1.82) is 0 Å². The second-order valence-corrected chi connectivity index (χ2v) is 7.51. The number of piperazine rings is 1. The molecule has 1 N–H and O–H groups in total. The first-order valence-corrected chi connectivity index (χ1v) is 8.21. The molecule has 2 aliphatic heterocycles.